The molecule has 1 heteroatoms. The molecule has 98 valence electrons. The molecule has 0 heterocycles. The first-order chi connectivity index (χ1) is 8.07. The van der Waals surface area contributed by atoms with Gasteiger partial charge in [-0.15, -0.1) is 12.3 Å². The molecule has 0 radical (unpaired) electrons. The SMILES string of the molecule is C#CCc1cc(C(C)(C)C)c(O)c(C(C)(C)C)c1. The minimum atomic E-state index is -0.0886. The Morgan fingerprint density at radius 1 is 1.00 bits per heavy atom. The van der Waals surface area contributed by atoms with Gasteiger partial charge in [-0.1, -0.05) is 53.7 Å². The lowest BCUT2D eigenvalue weighted by Crippen LogP contribution is -2.17. The normalized spacial score (nSPS) is 12.3. The summed E-state index contributed by atoms with van der Waals surface area (Å²) >= 11 is 0. The van der Waals surface area contributed by atoms with Gasteiger partial charge in [0.25, 0.3) is 0 Å². The molecule has 1 aromatic rings. The molecular weight excluding hydrogens is 220 g/mol. The van der Waals surface area contributed by atoms with Crippen LogP contribution < -0.4 is 0 Å². The molecule has 0 aliphatic carbocycles. The van der Waals surface area contributed by atoms with E-state index in [4.69, 9.17) is 6.42 Å². The molecule has 1 rings (SSSR count). The summed E-state index contributed by atoms with van der Waals surface area (Å²) in [5.41, 5.74) is 2.87. The van der Waals surface area contributed by atoms with Gasteiger partial charge in [-0.3, -0.25) is 0 Å². The quantitative estimate of drug-likeness (QED) is 0.735. The number of phenols is 1. The van der Waals surface area contributed by atoms with Crippen molar-refractivity contribution < 1.29 is 5.11 Å². The van der Waals surface area contributed by atoms with E-state index in [1.807, 2.05) is 12.1 Å². The Kier molecular flexibility index (Phi) is 3.81. The van der Waals surface area contributed by atoms with Crippen molar-refractivity contribution in [1.82, 2.24) is 0 Å². The minimum Gasteiger partial charge on any atom is -0.507 e. The molecule has 1 N–H and O–H groups in total. The maximum atomic E-state index is 10.5. The van der Waals surface area contributed by atoms with Gasteiger partial charge in [0, 0.05) is 6.42 Å². The van der Waals surface area contributed by atoms with Crippen molar-refractivity contribution in [2.24, 2.45) is 0 Å². The smallest absolute Gasteiger partial charge is 0.123 e. The molecular formula is C17H24O. The third kappa shape index (κ3) is 3.07. The number of phenolic OH excluding ortho intramolecular Hbond substituents is 1. The van der Waals surface area contributed by atoms with Crippen LogP contribution in [0.15, 0.2) is 12.1 Å². The van der Waals surface area contributed by atoms with Gasteiger partial charge in [0.15, 0.2) is 0 Å². The molecule has 0 aromatic heterocycles. The third-order valence-corrected chi connectivity index (χ3v) is 3.09. The first-order valence-corrected chi connectivity index (χ1v) is 6.37. The Morgan fingerprint density at radius 2 is 1.39 bits per heavy atom. The van der Waals surface area contributed by atoms with Gasteiger partial charge in [0.05, 0.1) is 0 Å². The second kappa shape index (κ2) is 4.69. The molecule has 0 amide bonds. The number of hydrogen-bond acceptors (Lipinski definition) is 1. The Labute approximate surface area is 111 Å². The lowest BCUT2D eigenvalue weighted by Gasteiger charge is -2.28. The van der Waals surface area contributed by atoms with Crippen molar-refractivity contribution in [3.05, 3.63) is 28.8 Å². The van der Waals surface area contributed by atoms with Crippen molar-refractivity contribution in [2.75, 3.05) is 0 Å². The van der Waals surface area contributed by atoms with E-state index in [-0.39, 0.29) is 10.8 Å². The lowest BCUT2D eigenvalue weighted by atomic mass is 9.78. The predicted octanol–water partition coefficient (Wildman–Crippen LogP) is 4.16. The summed E-state index contributed by atoms with van der Waals surface area (Å²) in [5, 5.41) is 10.5. The Bertz CT molecular complexity index is 441. The average molecular weight is 244 g/mol. The molecule has 0 bridgehead atoms. The van der Waals surface area contributed by atoms with Gasteiger partial charge >= 0.3 is 0 Å². The molecule has 18 heavy (non-hydrogen) atoms. The summed E-state index contributed by atoms with van der Waals surface area (Å²) in [7, 11) is 0. The van der Waals surface area contributed by atoms with Crippen LogP contribution in [-0.2, 0) is 17.3 Å². The standard InChI is InChI=1S/C17H24O/c1-8-9-12-10-13(16(2,3)4)15(18)14(11-12)17(5,6)7/h1,10-11,18H,9H2,2-7H3. The Morgan fingerprint density at radius 3 is 1.67 bits per heavy atom. The zero-order valence-corrected chi connectivity index (χ0v) is 12.4. The molecule has 0 unspecified atom stereocenters. The lowest BCUT2D eigenvalue weighted by molar-refractivity contribution is 0.423. The summed E-state index contributed by atoms with van der Waals surface area (Å²) in [5.74, 6) is 3.09. The second-order valence-electron chi connectivity index (χ2n) is 6.92. The van der Waals surface area contributed by atoms with Crippen LogP contribution in [0.1, 0.15) is 58.2 Å². The molecule has 0 fully saturated rings. The molecule has 1 aromatic carbocycles. The summed E-state index contributed by atoms with van der Waals surface area (Å²) < 4.78 is 0. The highest BCUT2D eigenvalue weighted by molar-refractivity contribution is 5.50. The first-order valence-electron chi connectivity index (χ1n) is 6.37. The van der Waals surface area contributed by atoms with Crippen molar-refractivity contribution >= 4 is 0 Å². The zero-order valence-electron chi connectivity index (χ0n) is 12.4. The summed E-state index contributed by atoms with van der Waals surface area (Å²) in [4.78, 5) is 0. The van der Waals surface area contributed by atoms with E-state index < -0.39 is 0 Å². The third-order valence-electron chi connectivity index (χ3n) is 3.09. The van der Waals surface area contributed by atoms with Crippen molar-refractivity contribution in [3.8, 4) is 18.1 Å². The molecule has 1 nitrogen and oxygen atoms in total. The highest BCUT2D eigenvalue weighted by atomic mass is 16.3. The topological polar surface area (TPSA) is 20.2 Å². The van der Waals surface area contributed by atoms with Crippen LogP contribution in [0.3, 0.4) is 0 Å². The molecule has 0 spiro atoms. The number of terminal acetylenes is 1. The Balaban J connectivity index is 3.55. The van der Waals surface area contributed by atoms with Gasteiger partial charge in [0.2, 0.25) is 0 Å². The van der Waals surface area contributed by atoms with Crippen LogP contribution in [-0.4, -0.2) is 5.11 Å². The summed E-state index contributed by atoms with van der Waals surface area (Å²) in [6, 6.07) is 4.06. The molecule has 0 saturated heterocycles. The van der Waals surface area contributed by atoms with Crippen LogP contribution in [0.5, 0.6) is 5.75 Å². The van der Waals surface area contributed by atoms with E-state index >= 15 is 0 Å². The van der Waals surface area contributed by atoms with Crippen LogP contribution in [0, 0.1) is 12.3 Å². The zero-order chi connectivity index (χ0) is 14.1. The van der Waals surface area contributed by atoms with E-state index in [2.05, 4.69) is 47.5 Å². The summed E-state index contributed by atoms with van der Waals surface area (Å²) in [6.45, 7) is 12.6. The van der Waals surface area contributed by atoms with Crippen molar-refractivity contribution in [1.29, 1.82) is 0 Å². The molecule has 0 aliphatic heterocycles. The van der Waals surface area contributed by atoms with E-state index in [0.717, 1.165) is 16.7 Å². The fourth-order valence-corrected chi connectivity index (χ4v) is 2.06. The van der Waals surface area contributed by atoms with Crippen LogP contribution in [0.4, 0.5) is 0 Å². The summed E-state index contributed by atoms with van der Waals surface area (Å²) in [6.07, 6.45) is 6.01. The number of aromatic hydroxyl groups is 1. The van der Waals surface area contributed by atoms with Crippen molar-refractivity contribution in [2.45, 2.75) is 58.8 Å². The predicted molar refractivity (Wildman–Crippen MR) is 78.0 cm³/mol. The molecule has 0 saturated carbocycles. The van der Waals surface area contributed by atoms with Gasteiger partial charge in [-0.05, 0) is 27.5 Å². The Hall–Kier alpha value is -1.42. The van der Waals surface area contributed by atoms with Gasteiger partial charge in [-0.25, -0.2) is 0 Å². The van der Waals surface area contributed by atoms with E-state index in [1.165, 1.54) is 0 Å². The minimum absolute atomic E-state index is 0.0886. The fraction of sp³-hybridized carbons (Fsp3) is 0.529. The highest BCUT2D eigenvalue weighted by Crippen LogP contribution is 2.39. The fourth-order valence-electron chi connectivity index (χ4n) is 2.06. The largest absolute Gasteiger partial charge is 0.507 e. The maximum absolute atomic E-state index is 10.5. The number of benzene rings is 1. The monoisotopic (exact) mass is 244 g/mol. The second-order valence-corrected chi connectivity index (χ2v) is 6.92. The van der Waals surface area contributed by atoms with Crippen LogP contribution >= 0.6 is 0 Å². The number of hydrogen-bond donors (Lipinski definition) is 1. The van der Waals surface area contributed by atoms with E-state index in [0.29, 0.717) is 12.2 Å². The van der Waals surface area contributed by atoms with Crippen molar-refractivity contribution in [3.63, 3.8) is 0 Å². The van der Waals surface area contributed by atoms with Gasteiger partial charge < -0.3 is 5.11 Å². The van der Waals surface area contributed by atoms with Crippen LogP contribution in [0.2, 0.25) is 0 Å². The van der Waals surface area contributed by atoms with E-state index in [1.54, 1.807) is 0 Å². The average Bonchev–Trinajstić information content (AvgIpc) is 2.17. The highest BCUT2D eigenvalue weighted by Gasteiger charge is 2.26. The van der Waals surface area contributed by atoms with Gasteiger partial charge in [0.1, 0.15) is 5.75 Å². The number of rotatable bonds is 1. The molecule has 0 aliphatic rings. The van der Waals surface area contributed by atoms with Crippen LogP contribution in [0.25, 0.3) is 0 Å². The van der Waals surface area contributed by atoms with E-state index in [9.17, 15) is 5.11 Å². The van der Waals surface area contributed by atoms with Gasteiger partial charge in [-0.2, -0.15) is 0 Å². The molecule has 0 atom stereocenters. The maximum Gasteiger partial charge on any atom is 0.123 e. The first kappa shape index (κ1) is 14.6.